The van der Waals surface area contributed by atoms with Crippen LogP contribution >= 0.6 is 23.1 Å². The number of aryl methyl sites for hydroxylation is 1. The van der Waals surface area contributed by atoms with Crippen LogP contribution in [0, 0.1) is 0 Å². The molecule has 2 aliphatic heterocycles. The summed E-state index contributed by atoms with van der Waals surface area (Å²) in [5.74, 6) is 2.53. The van der Waals surface area contributed by atoms with Crippen LogP contribution in [-0.2, 0) is 12.2 Å². The summed E-state index contributed by atoms with van der Waals surface area (Å²) in [7, 11) is 0. The molecule has 0 saturated carbocycles. The van der Waals surface area contributed by atoms with Gasteiger partial charge in [-0.25, -0.2) is 0 Å². The molecule has 0 unspecified atom stereocenters. The Morgan fingerprint density at radius 2 is 2.28 bits per heavy atom. The van der Waals surface area contributed by atoms with Crippen molar-refractivity contribution in [3.05, 3.63) is 21.4 Å². The van der Waals surface area contributed by atoms with Crippen molar-refractivity contribution in [2.45, 2.75) is 18.6 Å². The molecule has 5 heteroatoms. The van der Waals surface area contributed by atoms with Crippen molar-refractivity contribution < 1.29 is 4.79 Å². The fourth-order valence-corrected chi connectivity index (χ4v) is 4.80. The Labute approximate surface area is 116 Å². The molecule has 18 heavy (non-hydrogen) atoms. The first-order chi connectivity index (χ1) is 8.84. The number of hydrogen-bond acceptors (Lipinski definition) is 4. The lowest BCUT2D eigenvalue weighted by atomic mass is 10.2. The van der Waals surface area contributed by atoms with Gasteiger partial charge in [0.15, 0.2) is 0 Å². The summed E-state index contributed by atoms with van der Waals surface area (Å²) in [6.45, 7) is 3.69. The Balaban J connectivity index is 1.76. The molecule has 0 radical (unpaired) electrons. The molecule has 1 aromatic heterocycles. The van der Waals surface area contributed by atoms with Gasteiger partial charge in [0, 0.05) is 30.3 Å². The van der Waals surface area contributed by atoms with Gasteiger partial charge in [0.2, 0.25) is 0 Å². The first-order valence-corrected chi connectivity index (χ1v) is 8.51. The molecule has 2 aliphatic rings. The summed E-state index contributed by atoms with van der Waals surface area (Å²) in [5, 5.41) is 3.34. The Morgan fingerprint density at radius 1 is 1.33 bits per heavy atom. The number of nitrogens with zero attached hydrogens (tertiary/aromatic N) is 1. The standard InChI is InChI=1S/C13H18N2OS2/c16-13(15-5-1-3-14-4-6-15)12-8-10-9-17-7-2-11(10)18-12/h8,14H,1-7,9H2. The molecule has 0 atom stereocenters. The topological polar surface area (TPSA) is 32.3 Å². The SMILES string of the molecule is O=C(c1cc2c(s1)CCSC2)N1CCCNCC1. The third-order valence-corrected chi connectivity index (χ3v) is 5.70. The van der Waals surface area contributed by atoms with Gasteiger partial charge < -0.3 is 10.2 Å². The number of carbonyl (C=O) groups is 1. The molecule has 1 saturated heterocycles. The molecule has 0 bridgehead atoms. The largest absolute Gasteiger partial charge is 0.337 e. The van der Waals surface area contributed by atoms with E-state index in [1.54, 1.807) is 11.3 Å². The van der Waals surface area contributed by atoms with Gasteiger partial charge in [-0.3, -0.25) is 4.79 Å². The molecule has 98 valence electrons. The maximum atomic E-state index is 12.5. The summed E-state index contributed by atoms with van der Waals surface area (Å²) in [4.78, 5) is 16.9. The minimum atomic E-state index is 0.239. The summed E-state index contributed by atoms with van der Waals surface area (Å²) in [5.41, 5.74) is 1.40. The quantitative estimate of drug-likeness (QED) is 0.855. The van der Waals surface area contributed by atoms with E-state index in [2.05, 4.69) is 11.4 Å². The van der Waals surface area contributed by atoms with Crippen molar-refractivity contribution in [2.24, 2.45) is 0 Å². The minimum absolute atomic E-state index is 0.239. The van der Waals surface area contributed by atoms with Crippen molar-refractivity contribution in [3.8, 4) is 0 Å². The zero-order chi connectivity index (χ0) is 12.4. The van der Waals surface area contributed by atoms with Crippen LogP contribution in [0.4, 0.5) is 0 Å². The predicted octanol–water partition coefficient (Wildman–Crippen LogP) is 1.97. The molecule has 3 heterocycles. The maximum Gasteiger partial charge on any atom is 0.263 e. The van der Waals surface area contributed by atoms with Crippen LogP contribution in [0.15, 0.2) is 6.07 Å². The van der Waals surface area contributed by atoms with Crippen LogP contribution in [0.3, 0.4) is 0 Å². The molecule has 0 aromatic carbocycles. The highest BCUT2D eigenvalue weighted by Crippen LogP contribution is 2.32. The second-order valence-corrected chi connectivity index (χ2v) is 7.00. The third-order valence-electron chi connectivity index (χ3n) is 3.47. The fraction of sp³-hybridized carbons (Fsp3) is 0.615. The Bertz CT molecular complexity index is 413. The van der Waals surface area contributed by atoms with Crippen LogP contribution < -0.4 is 5.32 Å². The highest BCUT2D eigenvalue weighted by molar-refractivity contribution is 7.98. The van der Waals surface area contributed by atoms with E-state index in [-0.39, 0.29) is 5.91 Å². The number of thiophene rings is 1. The molecule has 1 amide bonds. The molecule has 1 fully saturated rings. The molecular weight excluding hydrogens is 264 g/mol. The number of rotatable bonds is 1. The summed E-state index contributed by atoms with van der Waals surface area (Å²) < 4.78 is 0. The van der Waals surface area contributed by atoms with Gasteiger partial charge in [-0.2, -0.15) is 11.8 Å². The van der Waals surface area contributed by atoms with Crippen LogP contribution in [0.25, 0.3) is 0 Å². The second kappa shape index (κ2) is 5.63. The van der Waals surface area contributed by atoms with Gasteiger partial charge in [-0.1, -0.05) is 0 Å². The van der Waals surface area contributed by atoms with Crippen molar-refractivity contribution in [1.82, 2.24) is 10.2 Å². The highest BCUT2D eigenvalue weighted by Gasteiger charge is 2.22. The minimum Gasteiger partial charge on any atom is -0.337 e. The smallest absolute Gasteiger partial charge is 0.263 e. The summed E-state index contributed by atoms with van der Waals surface area (Å²) in [6, 6.07) is 2.13. The number of amides is 1. The first-order valence-electron chi connectivity index (χ1n) is 6.54. The van der Waals surface area contributed by atoms with E-state index < -0.39 is 0 Å². The Kier molecular flexibility index (Phi) is 3.91. The van der Waals surface area contributed by atoms with E-state index in [1.165, 1.54) is 16.2 Å². The van der Waals surface area contributed by atoms with E-state index in [0.717, 1.165) is 49.7 Å². The highest BCUT2D eigenvalue weighted by atomic mass is 32.2. The molecule has 0 aliphatic carbocycles. The van der Waals surface area contributed by atoms with E-state index in [0.29, 0.717) is 0 Å². The lowest BCUT2D eigenvalue weighted by Gasteiger charge is -2.18. The maximum absolute atomic E-state index is 12.5. The predicted molar refractivity (Wildman–Crippen MR) is 77.6 cm³/mol. The van der Waals surface area contributed by atoms with E-state index >= 15 is 0 Å². The lowest BCUT2D eigenvalue weighted by Crippen LogP contribution is -2.33. The van der Waals surface area contributed by atoms with Crippen LogP contribution in [0.2, 0.25) is 0 Å². The van der Waals surface area contributed by atoms with Crippen molar-refractivity contribution in [1.29, 1.82) is 0 Å². The van der Waals surface area contributed by atoms with Crippen molar-refractivity contribution in [2.75, 3.05) is 31.9 Å². The van der Waals surface area contributed by atoms with Crippen LogP contribution in [0.5, 0.6) is 0 Å². The average Bonchev–Trinajstić information content (AvgIpc) is 2.64. The molecule has 3 rings (SSSR count). The normalized spacial score (nSPS) is 20.3. The van der Waals surface area contributed by atoms with Gasteiger partial charge >= 0.3 is 0 Å². The average molecular weight is 282 g/mol. The fourth-order valence-electron chi connectivity index (χ4n) is 2.46. The molecule has 3 nitrogen and oxygen atoms in total. The molecular formula is C13H18N2OS2. The summed E-state index contributed by atoms with van der Waals surface area (Å²) >= 11 is 3.69. The third kappa shape index (κ3) is 2.58. The Morgan fingerprint density at radius 3 is 3.17 bits per heavy atom. The number of carbonyl (C=O) groups excluding carboxylic acids is 1. The molecule has 1 N–H and O–H groups in total. The number of fused-ring (bicyclic) bond motifs is 1. The first kappa shape index (κ1) is 12.5. The van der Waals surface area contributed by atoms with Gasteiger partial charge in [-0.15, -0.1) is 11.3 Å². The van der Waals surface area contributed by atoms with E-state index in [1.807, 2.05) is 16.7 Å². The van der Waals surface area contributed by atoms with Gasteiger partial charge in [0.1, 0.15) is 0 Å². The van der Waals surface area contributed by atoms with Gasteiger partial charge in [0.05, 0.1) is 4.88 Å². The molecule has 1 aromatic rings. The zero-order valence-corrected chi connectivity index (χ0v) is 12.0. The van der Waals surface area contributed by atoms with E-state index in [9.17, 15) is 4.79 Å². The molecule has 0 spiro atoms. The number of hydrogen-bond donors (Lipinski definition) is 1. The monoisotopic (exact) mass is 282 g/mol. The van der Waals surface area contributed by atoms with Crippen LogP contribution in [-0.4, -0.2) is 42.7 Å². The van der Waals surface area contributed by atoms with Gasteiger partial charge in [-0.05, 0) is 36.8 Å². The van der Waals surface area contributed by atoms with E-state index in [4.69, 9.17) is 0 Å². The van der Waals surface area contributed by atoms with Crippen molar-refractivity contribution >= 4 is 29.0 Å². The van der Waals surface area contributed by atoms with Crippen LogP contribution in [0.1, 0.15) is 26.5 Å². The van der Waals surface area contributed by atoms with Crippen molar-refractivity contribution in [3.63, 3.8) is 0 Å². The van der Waals surface area contributed by atoms with Gasteiger partial charge in [0.25, 0.3) is 5.91 Å². The second-order valence-electron chi connectivity index (χ2n) is 4.76. The zero-order valence-electron chi connectivity index (χ0n) is 10.4. The Hall–Kier alpha value is -0.520. The summed E-state index contributed by atoms with van der Waals surface area (Å²) in [6.07, 6.45) is 2.20. The number of thioether (sulfide) groups is 1. The lowest BCUT2D eigenvalue weighted by molar-refractivity contribution is 0.0771. The number of nitrogens with one attached hydrogen (secondary N) is 1.